The van der Waals surface area contributed by atoms with Crippen molar-refractivity contribution in [3.63, 3.8) is 0 Å². The molecule has 0 fully saturated rings. The highest BCUT2D eigenvalue weighted by Gasteiger charge is 2.12. The van der Waals surface area contributed by atoms with E-state index in [9.17, 15) is 9.59 Å². The van der Waals surface area contributed by atoms with Crippen LogP contribution in [0.25, 0.3) is 6.08 Å². The Hall–Kier alpha value is -2.45. The molecule has 0 aliphatic rings. The zero-order chi connectivity index (χ0) is 16.8. The highest BCUT2D eigenvalue weighted by Crippen LogP contribution is 2.21. The van der Waals surface area contributed by atoms with Crippen LogP contribution in [0.1, 0.15) is 16.1 Å². The number of carboxylic acids is 1. The topological polar surface area (TPSA) is 91.6 Å². The Labute approximate surface area is 145 Å². The number of furan rings is 1. The summed E-state index contributed by atoms with van der Waals surface area (Å²) in [5, 5.41) is 14.3. The van der Waals surface area contributed by atoms with Crippen molar-refractivity contribution >= 4 is 56.9 Å². The number of hydrogen-bond donors (Lipinski definition) is 3. The maximum Gasteiger partial charge on any atom is 0.337 e. The second kappa shape index (κ2) is 7.70. The summed E-state index contributed by atoms with van der Waals surface area (Å²) in [6, 6.07) is 8.04. The van der Waals surface area contributed by atoms with Crippen LogP contribution >= 0.6 is 28.1 Å². The van der Waals surface area contributed by atoms with Gasteiger partial charge in [0.05, 0.1) is 17.5 Å². The lowest BCUT2D eigenvalue weighted by atomic mass is 10.2. The summed E-state index contributed by atoms with van der Waals surface area (Å²) in [5.41, 5.74) is 0.308. The Kier molecular flexibility index (Phi) is 5.67. The molecule has 2 rings (SSSR count). The Morgan fingerprint density at radius 2 is 2.09 bits per heavy atom. The number of halogens is 1. The van der Waals surface area contributed by atoms with Gasteiger partial charge in [-0.05, 0) is 48.6 Å². The molecule has 0 spiro atoms. The number of carbonyl (C=O) groups is 2. The predicted molar refractivity (Wildman–Crippen MR) is 93.2 cm³/mol. The molecule has 1 heterocycles. The number of thiocarbonyl (C=S) groups is 1. The number of aromatic carboxylic acids is 1. The van der Waals surface area contributed by atoms with Crippen LogP contribution < -0.4 is 10.6 Å². The van der Waals surface area contributed by atoms with Gasteiger partial charge < -0.3 is 14.8 Å². The van der Waals surface area contributed by atoms with Crippen molar-refractivity contribution in [1.29, 1.82) is 0 Å². The van der Waals surface area contributed by atoms with Gasteiger partial charge in [0.15, 0.2) is 5.11 Å². The molecule has 23 heavy (non-hydrogen) atoms. The molecule has 0 atom stereocenters. The van der Waals surface area contributed by atoms with Crippen LogP contribution in [0.5, 0.6) is 0 Å². The average Bonchev–Trinajstić information content (AvgIpc) is 3.00. The van der Waals surface area contributed by atoms with Gasteiger partial charge in [-0.25, -0.2) is 4.79 Å². The van der Waals surface area contributed by atoms with Crippen molar-refractivity contribution in [2.24, 2.45) is 0 Å². The van der Waals surface area contributed by atoms with Gasteiger partial charge in [0.2, 0.25) is 5.91 Å². The van der Waals surface area contributed by atoms with E-state index in [1.54, 1.807) is 24.3 Å². The third kappa shape index (κ3) is 5.04. The third-order valence-corrected chi connectivity index (χ3v) is 3.34. The Morgan fingerprint density at radius 3 is 2.74 bits per heavy atom. The van der Waals surface area contributed by atoms with Crippen molar-refractivity contribution in [3.05, 3.63) is 58.5 Å². The minimum Gasteiger partial charge on any atom is -0.478 e. The largest absolute Gasteiger partial charge is 0.478 e. The number of carboxylic acid groups (broad SMARTS) is 1. The molecule has 0 radical (unpaired) electrons. The number of amides is 1. The van der Waals surface area contributed by atoms with Crippen molar-refractivity contribution in [1.82, 2.24) is 5.32 Å². The maximum absolute atomic E-state index is 11.7. The van der Waals surface area contributed by atoms with Crippen LogP contribution in [-0.4, -0.2) is 22.1 Å². The number of anilines is 1. The van der Waals surface area contributed by atoms with Crippen molar-refractivity contribution < 1.29 is 19.1 Å². The molecule has 0 aliphatic heterocycles. The minimum absolute atomic E-state index is 0.0103. The van der Waals surface area contributed by atoms with Gasteiger partial charge in [0.25, 0.3) is 0 Å². The van der Waals surface area contributed by atoms with Crippen LogP contribution in [0.3, 0.4) is 0 Å². The van der Waals surface area contributed by atoms with E-state index >= 15 is 0 Å². The first-order valence-corrected chi connectivity index (χ1v) is 7.52. The van der Waals surface area contributed by atoms with Gasteiger partial charge in [0.1, 0.15) is 5.76 Å². The summed E-state index contributed by atoms with van der Waals surface area (Å²) in [7, 11) is 0. The monoisotopic (exact) mass is 394 g/mol. The van der Waals surface area contributed by atoms with E-state index in [1.807, 2.05) is 0 Å². The lowest BCUT2D eigenvalue weighted by Gasteiger charge is -2.11. The molecule has 0 unspecified atom stereocenters. The molecule has 0 saturated heterocycles. The fourth-order valence-corrected chi connectivity index (χ4v) is 2.23. The van der Waals surface area contributed by atoms with Gasteiger partial charge >= 0.3 is 5.97 Å². The van der Waals surface area contributed by atoms with E-state index < -0.39 is 11.9 Å². The predicted octanol–water partition coefficient (Wildman–Crippen LogP) is 3.27. The van der Waals surface area contributed by atoms with Crippen LogP contribution in [0, 0.1) is 0 Å². The molecular formula is C15H11BrN2O4S. The van der Waals surface area contributed by atoms with Crippen LogP contribution in [0.2, 0.25) is 0 Å². The molecule has 1 aromatic carbocycles. The van der Waals surface area contributed by atoms with E-state index in [0.29, 0.717) is 10.2 Å². The number of rotatable bonds is 4. The van der Waals surface area contributed by atoms with Gasteiger partial charge in [0, 0.05) is 10.5 Å². The first-order valence-electron chi connectivity index (χ1n) is 6.32. The second-order valence-corrected chi connectivity index (χ2v) is 5.61. The molecule has 3 N–H and O–H groups in total. The molecular weight excluding hydrogens is 384 g/mol. The number of carbonyl (C=O) groups excluding carboxylic acids is 1. The minimum atomic E-state index is -1.11. The summed E-state index contributed by atoms with van der Waals surface area (Å²) in [4.78, 5) is 22.9. The Balaban J connectivity index is 2.00. The number of nitrogens with one attached hydrogen (secondary N) is 2. The lowest BCUT2D eigenvalue weighted by Crippen LogP contribution is -2.33. The third-order valence-electron chi connectivity index (χ3n) is 2.64. The Bertz CT molecular complexity index is 772. The van der Waals surface area contributed by atoms with Gasteiger partial charge in [-0.2, -0.15) is 0 Å². The molecule has 0 bridgehead atoms. The second-order valence-electron chi connectivity index (χ2n) is 4.29. The first-order chi connectivity index (χ1) is 11.0. The van der Waals surface area contributed by atoms with Crippen LogP contribution in [-0.2, 0) is 4.79 Å². The Morgan fingerprint density at radius 1 is 1.30 bits per heavy atom. The van der Waals surface area contributed by atoms with Crippen LogP contribution in [0.15, 0.2) is 51.6 Å². The summed E-state index contributed by atoms with van der Waals surface area (Å²) in [6.45, 7) is 0. The standard InChI is InChI=1S/C15H11BrN2O4S/c16-9-3-5-12(11(8-9)14(20)21)17-15(23)18-13(19)6-4-10-2-1-7-22-10/h1-8H,(H,20,21)(H2,17,18,19,23)/b6-4+. The quantitative estimate of drug-likeness (QED) is 0.544. The summed E-state index contributed by atoms with van der Waals surface area (Å²) in [5.74, 6) is -1.05. The molecule has 0 aliphatic carbocycles. The number of hydrogen-bond acceptors (Lipinski definition) is 4. The van der Waals surface area contributed by atoms with Gasteiger partial charge in [-0.3, -0.25) is 10.1 Å². The molecule has 2 aromatic rings. The fraction of sp³-hybridized carbons (Fsp3) is 0. The molecule has 118 valence electrons. The fourth-order valence-electron chi connectivity index (χ4n) is 1.65. The molecule has 6 nitrogen and oxygen atoms in total. The van der Waals surface area contributed by atoms with Gasteiger partial charge in [-0.15, -0.1) is 0 Å². The smallest absolute Gasteiger partial charge is 0.337 e. The summed E-state index contributed by atoms with van der Waals surface area (Å²) >= 11 is 8.20. The first kappa shape index (κ1) is 16.9. The summed E-state index contributed by atoms with van der Waals surface area (Å²) < 4.78 is 5.67. The van der Waals surface area contributed by atoms with Crippen molar-refractivity contribution in [3.8, 4) is 0 Å². The average molecular weight is 395 g/mol. The zero-order valence-electron chi connectivity index (χ0n) is 11.6. The lowest BCUT2D eigenvalue weighted by molar-refractivity contribution is -0.115. The zero-order valence-corrected chi connectivity index (χ0v) is 14.0. The van der Waals surface area contributed by atoms with E-state index in [4.69, 9.17) is 21.7 Å². The normalized spacial score (nSPS) is 10.5. The molecule has 0 saturated carbocycles. The highest BCUT2D eigenvalue weighted by molar-refractivity contribution is 9.10. The van der Waals surface area contributed by atoms with E-state index in [-0.39, 0.29) is 16.4 Å². The molecule has 1 aromatic heterocycles. The molecule has 8 heteroatoms. The summed E-state index contributed by atoms with van der Waals surface area (Å²) in [6.07, 6.45) is 4.23. The molecule has 1 amide bonds. The van der Waals surface area contributed by atoms with E-state index in [2.05, 4.69) is 26.6 Å². The van der Waals surface area contributed by atoms with Gasteiger partial charge in [-0.1, -0.05) is 15.9 Å². The van der Waals surface area contributed by atoms with Crippen LogP contribution in [0.4, 0.5) is 5.69 Å². The van der Waals surface area contributed by atoms with Crippen molar-refractivity contribution in [2.45, 2.75) is 0 Å². The maximum atomic E-state index is 11.7. The van der Waals surface area contributed by atoms with Crippen molar-refractivity contribution in [2.75, 3.05) is 5.32 Å². The highest BCUT2D eigenvalue weighted by atomic mass is 79.9. The van der Waals surface area contributed by atoms with E-state index in [0.717, 1.165) is 0 Å². The number of benzene rings is 1. The van der Waals surface area contributed by atoms with E-state index in [1.165, 1.54) is 24.5 Å². The SMILES string of the molecule is O=C(/C=C/c1ccco1)NC(=S)Nc1ccc(Br)cc1C(=O)O.